The van der Waals surface area contributed by atoms with Crippen molar-refractivity contribution >= 4 is 34.0 Å². The molecule has 4 rings (SSSR count). The van der Waals surface area contributed by atoms with E-state index in [9.17, 15) is 4.79 Å². The summed E-state index contributed by atoms with van der Waals surface area (Å²) in [4.78, 5) is 14.8. The number of hydrogen-bond acceptors (Lipinski definition) is 5. The van der Waals surface area contributed by atoms with Crippen LogP contribution in [0.5, 0.6) is 0 Å². The lowest BCUT2D eigenvalue weighted by Gasteiger charge is -2.31. The number of nitrogens with zero attached hydrogens (tertiary/aromatic N) is 4. The first-order valence-corrected chi connectivity index (χ1v) is 10.6. The molecule has 1 aliphatic heterocycles. The zero-order valence-corrected chi connectivity index (χ0v) is 17.0. The molecule has 1 saturated heterocycles. The average molecular weight is 416 g/mol. The highest BCUT2D eigenvalue weighted by Crippen LogP contribution is 2.27. The number of carbonyl (C=O) groups excluding carboxylic acids is 1. The lowest BCUT2D eigenvalue weighted by atomic mass is 9.97. The van der Waals surface area contributed by atoms with Crippen molar-refractivity contribution in [1.29, 1.82) is 0 Å². The first kappa shape index (κ1) is 19.0. The quantitative estimate of drug-likeness (QED) is 0.668. The highest BCUT2D eigenvalue weighted by atomic mass is 35.5. The monoisotopic (exact) mass is 415 g/mol. The summed E-state index contributed by atoms with van der Waals surface area (Å²) in [5.41, 5.74) is 1.17. The minimum atomic E-state index is -0.0158. The van der Waals surface area contributed by atoms with Crippen molar-refractivity contribution in [3.63, 3.8) is 0 Å². The Morgan fingerprint density at radius 1 is 1.18 bits per heavy atom. The third-order valence-electron chi connectivity index (χ3n) is 4.92. The molecule has 3 aromatic rings. The second-order valence-corrected chi connectivity index (χ2v) is 8.28. The summed E-state index contributed by atoms with van der Waals surface area (Å²) >= 11 is 7.46. The predicted octanol–water partition coefficient (Wildman–Crippen LogP) is 3.56. The van der Waals surface area contributed by atoms with Gasteiger partial charge in [0.25, 0.3) is 0 Å². The highest BCUT2D eigenvalue weighted by molar-refractivity contribution is 7.17. The maximum Gasteiger partial charge on any atom is 0.224 e. The molecule has 1 aromatic carbocycles. The van der Waals surface area contributed by atoms with E-state index in [0.29, 0.717) is 13.1 Å². The van der Waals surface area contributed by atoms with Gasteiger partial charge in [0.1, 0.15) is 0 Å². The second kappa shape index (κ2) is 8.75. The largest absolute Gasteiger partial charge is 0.355 e. The van der Waals surface area contributed by atoms with Gasteiger partial charge in [0.2, 0.25) is 16.2 Å². The molecule has 1 atom stereocenters. The number of aromatic nitrogens is 3. The van der Waals surface area contributed by atoms with Gasteiger partial charge in [-0.05, 0) is 49.1 Å². The minimum Gasteiger partial charge on any atom is -0.355 e. The summed E-state index contributed by atoms with van der Waals surface area (Å²) in [6.45, 7) is 2.23. The number of carbonyl (C=O) groups is 1. The summed E-state index contributed by atoms with van der Waals surface area (Å²) in [6.07, 6.45) is 6.60. The van der Waals surface area contributed by atoms with Gasteiger partial charge in [0.15, 0.2) is 0 Å². The van der Waals surface area contributed by atoms with Crippen molar-refractivity contribution in [2.24, 2.45) is 5.92 Å². The molecule has 8 heteroatoms. The fraction of sp³-hybridized carbons (Fsp3) is 0.350. The van der Waals surface area contributed by atoms with Crippen LogP contribution in [0.4, 0.5) is 5.13 Å². The molecule has 2 aromatic heterocycles. The number of hydrogen-bond donors (Lipinski definition) is 1. The average Bonchev–Trinajstić information content (AvgIpc) is 3.41. The Hall–Kier alpha value is -2.38. The molecule has 0 unspecified atom stereocenters. The normalized spacial score (nSPS) is 16.9. The van der Waals surface area contributed by atoms with Gasteiger partial charge in [-0.15, -0.1) is 10.2 Å². The third kappa shape index (κ3) is 4.54. The lowest BCUT2D eigenvalue weighted by Crippen LogP contribution is -2.43. The molecule has 3 heterocycles. The number of benzene rings is 1. The first-order valence-electron chi connectivity index (χ1n) is 9.43. The predicted molar refractivity (Wildman–Crippen MR) is 112 cm³/mol. The smallest absolute Gasteiger partial charge is 0.224 e. The van der Waals surface area contributed by atoms with E-state index in [0.717, 1.165) is 41.1 Å². The van der Waals surface area contributed by atoms with Crippen molar-refractivity contribution in [2.75, 3.05) is 24.5 Å². The summed E-state index contributed by atoms with van der Waals surface area (Å²) in [5.74, 6) is 0.103. The third-order valence-corrected chi connectivity index (χ3v) is 6.17. The number of piperidine rings is 1. The Kier molecular flexibility index (Phi) is 5.92. The maximum absolute atomic E-state index is 12.6. The Morgan fingerprint density at radius 2 is 1.93 bits per heavy atom. The molecular weight excluding hydrogens is 394 g/mol. The highest BCUT2D eigenvalue weighted by Gasteiger charge is 2.27. The van der Waals surface area contributed by atoms with Crippen molar-refractivity contribution in [2.45, 2.75) is 19.3 Å². The molecule has 28 heavy (non-hydrogen) atoms. The number of nitrogens with one attached hydrogen (secondary N) is 1. The van der Waals surface area contributed by atoms with Crippen molar-refractivity contribution in [1.82, 2.24) is 20.1 Å². The molecule has 1 amide bonds. The zero-order valence-electron chi connectivity index (χ0n) is 15.4. The summed E-state index contributed by atoms with van der Waals surface area (Å²) < 4.78 is 1.95. The minimum absolute atomic E-state index is 0.0158. The van der Waals surface area contributed by atoms with Crippen LogP contribution in [0.3, 0.4) is 0 Å². The van der Waals surface area contributed by atoms with Crippen LogP contribution in [0.15, 0.2) is 48.8 Å². The number of amides is 1. The van der Waals surface area contributed by atoms with E-state index in [1.807, 2.05) is 53.4 Å². The van der Waals surface area contributed by atoms with Crippen LogP contribution < -0.4 is 10.2 Å². The van der Waals surface area contributed by atoms with Gasteiger partial charge in [-0.25, -0.2) is 0 Å². The fourth-order valence-electron chi connectivity index (χ4n) is 3.39. The Labute approximate surface area is 173 Å². The van der Waals surface area contributed by atoms with Crippen LogP contribution in [0, 0.1) is 5.92 Å². The second-order valence-electron chi connectivity index (χ2n) is 6.91. The van der Waals surface area contributed by atoms with Crippen LogP contribution in [0.25, 0.3) is 5.13 Å². The van der Waals surface area contributed by atoms with E-state index >= 15 is 0 Å². The van der Waals surface area contributed by atoms with Crippen molar-refractivity contribution < 1.29 is 4.79 Å². The molecule has 0 radical (unpaired) electrons. The fourth-order valence-corrected chi connectivity index (χ4v) is 4.37. The molecule has 0 bridgehead atoms. The van der Waals surface area contributed by atoms with Gasteiger partial charge >= 0.3 is 0 Å². The number of anilines is 1. The van der Waals surface area contributed by atoms with Gasteiger partial charge in [-0.3, -0.25) is 9.36 Å². The van der Waals surface area contributed by atoms with Crippen LogP contribution in [0.1, 0.15) is 18.4 Å². The van der Waals surface area contributed by atoms with E-state index in [1.54, 1.807) is 11.3 Å². The van der Waals surface area contributed by atoms with Crippen LogP contribution in [-0.2, 0) is 11.2 Å². The summed E-state index contributed by atoms with van der Waals surface area (Å²) in [7, 11) is 0. The van der Waals surface area contributed by atoms with Crippen molar-refractivity contribution in [3.05, 3.63) is 59.4 Å². The topological polar surface area (TPSA) is 63.1 Å². The first-order chi connectivity index (χ1) is 13.7. The Balaban J connectivity index is 1.30. The number of halogens is 1. The molecule has 1 fully saturated rings. The molecule has 146 valence electrons. The number of rotatable bonds is 6. The molecule has 1 N–H and O–H groups in total. The molecule has 0 spiro atoms. The standard InChI is InChI=1S/C20H22ClN5OS/c21-17-7-5-15(6-8-17)9-10-22-18(27)16-4-3-13-26(14-16)20-24-23-19(28-20)25-11-1-2-12-25/h1-2,5-8,11-12,16H,3-4,9-10,13-14H2,(H,22,27)/t16-/m0/s1. The Bertz CT molecular complexity index is 909. The van der Waals surface area contributed by atoms with Crippen molar-refractivity contribution in [3.8, 4) is 5.13 Å². The van der Waals surface area contributed by atoms with Gasteiger partial charge in [-0.2, -0.15) is 0 Å². The van der Waals surface area contributed by atoms with E-state index in [1.165, 1.54) is 5.56 Å². The van der Waals surface area contributed by atoms with Gasteiger partial charge < -0.3 is 10.2 Å². The maximum atomic E-state index is 12.6. The van der Waals surface area contributed by atoms with E-state index < -0.39 is 0 Å². The molecule has 1 aliphatic rings. The molecule has 6 nitrogen and oxygen atoms in total. The zero-order chi connectivity index (χ0) is 19.3. The van der Waals surface area contributed by atoms with Gasteiger partial charge in [-0.1, -0.05) is 35.1 Å². The van der Waals surface area contributed by atoms with E-state index in [2.05, 4.69) is 20.4 Å². The van der Waals surface area contributed by atoms with Gasteiger partial charge in [0, 0.05) is 37.1 Å². The van der Waals surface area contributed by atoms with Crippen LogP contribution in [0.2, 0.25) is 5.02 Å². The lowest BCUT2D eigenvalue weighted by molar-refractivity contribution is -0.125. The van der Waals surface area contributed by atoms with Crippen LogP contribution >= 0.6 is 22.9 Å². The Morgan fingerprint density at radius 3 is 2.71 bits per heavy atom. The SMILES string of the molecule is O=C(NCCc1ccc(Cl)cc1)[C@H]1CCCN(c2nnc(-n3cccc3)s2)C1. The molecular formula is C20H22ClN5OS. The van der Waals surface area contributed by atoms with Gasteiger partial charge in [0.05, 0.1) is 5.92 Å². The molecule has 0 aliphatic carbocycles. The van der Waals surface area contributed by atoms with E-state index in [-0.39, 0.29) is 11.8 Å². The van der Waals surface area contributed by atoms with Crippen LogP contribution in [-0.4, -0.2) is 40.3 Å². The molecule has 0 saturated carbocycles. The summed E-state index contributed by atoms with van der Waals surface area (Å²) in [6, 6.07) is 11.7. The summed E-state index contributed by atoms with van der Waals surface area (Å²) in [5, 5.41) is 14.1. The van der Waals surface area contributed by atoms with E-state index in [4.69, 9.17) is 11.6 Å².